The van der Waals surface area contributed by atoms with E-state index in [2.05, 4.69) is 0 Å². The maximum Gasteiger partial charge on any atom is 0.306 e. The molecule has 5 nitrogen and oxygen atoms in total. The number of hydrogen-bond donors (Lipinski definition) is 1. The Hall–Kier alpha value is -1.10. The van der Waals surface area contributed by atoms with Crippen molar-refractivity contribution in [2.24, 2.45) is 0 Å². The zero-order valence-electron chi connectivity index (χ0n) is 11.1. The van der Waals surface area contributed by atoms with E-state index in [1.165, 1.54) is 0 Å². The number of carbonyl (C=O) groups is 2. The molecule has 0 spiro atoms. The Morgan fingerprint density at radius 3 is 2.56 bits per heavy atom. The Morgan fingerprint density at radius 2 is 2.06 bits per heavy atom. The molecule has 1 aliphatic carbocycles. The highest BCUT2D eigenvalue weighted by Crippen LogP contribution is 2.25. The SMILES string of the molecule is CCOC(=O)CCC(=O)N(CCCO)C1CCC1. The Morgan fingerprint density at radius 1 is 1.33 bits per heavy atom. The number of hydrogen-bond acceptors (Lipinski definition) is 4. The van der Waals surface area contributed by atoms with Gasteiger partial charge in [0.1, 0.15) is 0 Å². The third kappa shape index (κ3) is 4.64. The van der Waals surface area contributed by atoms with Crippen LogP contribution in [0.25, 0.3) is 0 Å². The van der Waals surface area contributed by atoms with E-state index in [0.717, 1.165) is 19.3 Å². The first-order valence-corrected chi connectivity index (χ1v) is 6.75. The molecule has 1 rings (SSSR count). The average molecular weight is 257 g/mol. The summed E-state index contributed by atoms with van der Waals surface area (Å²) in [5.74, 6) is -0.317. The zero-order chi connectivity index (χ0) is 13.4. The molecule has 0 aromatic heterocycles. The molecule has 1 saturated carbocycles. The lowest BCUT2D eigenvalue weighted by atomic mass is 9.91. The van der Waals surface area contributed by atoms with Crippen LogP contribution in [0.5, 0.6) is 0 Å². The highest BCUT2D eigenvalue weighted by Gasteiger charge is 2.28. The van der Waals surface area contributed by atoms with Crippen LogP contribution in [0.2, 0.25) is 0 Å². The molecule has 0 atom stereocenters. The van der Waals surface area contributed by atoms with Crippen LogP contribution < -0.4 is 0 Å². The number of aliphatic hydroxyl groups is 1. The summed E-state index contributed by atoms with van der Waals surface area (Å²) in [5, 5.41) is 8.85. The number of aliphatic hydroxyl groups excluding tert-OH is 1. The first-order valence-electron chi connectivity index (χ1n) is 6.75. The Labute approximate surface area is 108 Å². The largest absolute Gasteiger partial charge is 0.466 e. The summed E-state index contributed by atoms with van der Waals surface area (Å²) in [4.78, 5) is 25.1. The van der Waals surface area contributed by atoms with E-state index in [1.54, 1.807) is 6.92 Å². The predicted molar refractivity (Wildman–Crippen MR) is 66.9 cm³/mol. The predicted octanol–water partition coefficient (Wildman–Crippen LogP) is 1.09. The van der Waals surface area contributed by atoms with E-state index in [0.29, 0.717) is 25.6 Å². The Kier molecular flexibility index (Phi) is 6.72. The lowest BCUT2D eigenvalue weighted by molar-refractivity contribution is -0.146. The van der Waals surface area contributed by atoms with Crippen molar-refractivity contribution in [3.8, 4) is 0 Å². The van der Waals surface area contributed by atoms with Gasteiger partial charge in [0.2, 0.25) is 5.91 Å². The smallest absolute Gasteiger partial charge is 0.306 e. The molecule has 0 heterocycles. The fourth-order valence-electron chi connectivity index (χ4n) is 2.04. The average Bonchev–Trinajstić information content (AvgIpc) is 2.29. The van der Waals surface area contributed by atoms with Gasteiger partial charge in [-0.25, -0.2) is 0 Å². The lowest BCUT2D eigenvalue weighted by Gasteiger charge is -2.37. The molecule has 104 valence electrons. The second-order valence-corrected chi connectivity index (χ2v) is 4.55. The van der Waals surface area contributed by atoms with Gasteiger partial charge in [-0.3, -0.25) is 9.59 Å². The number of rotatable bonds is 8. The van der Waals surface area contributed by atoms with Gasteiger partial charge < -0.3 is 14.7 Å². The molecule has 0 saturated heterocycles. The fraction of sp³-hybridized carbons (Fsp3) is 0.846. The minimum atomic E-state index is -0.318. The van der Waals surface area contributed by atoms with Crippen molar-refractivity contribution >= 4 is 11.9 Å². The molecule has 5 heteroatoms. The Balaban J connectivity index is 2.35. The topological polar surface area (TPSA) is 66.8 Å². The van der Waals surface area contributed by atoms with E-state index < -0.39 is 0 Å². The summed E-state index contributed by atoms with van der Waals surface area (Å²) >= 11 is 0. The van der Waals surface area contributed by atoms with E-state index in [4.69, 9.17) is 9.84 Å². The standard InChI is InChI=1S/C13H23NO4/c1-2-18-13(17)8-7-12(16)14(9-4-10-15)11-5-3-6-11/h11,15H,2-10H2,1H3. The van der Waals surface area contributed by atoms with Gasteiger partial charge in [-0.1, -0.05) is 0 Å². The number of carbonyl (C=O) groups excluding carboxylic acids is 2. The van der Waals surface area contributed by atoms with Crippen molar-refractivity contribution < 1.29 is 19.4 Å². The monoisotopic (exact) mass is 257 g/mol. The number of amides is 1. The molecular formula is C13H23NO4. The number of ether oxygens (including phenoxy) is 1. The first-order chi connectivity index (χ1) is 8.69. The van der Waals surface area contributed by atoms with Gasteiger partial charge in [0, 0.05) is 25.6 Å². The van der Waals surface area contributed by atoms with E-state index >= 15 is 0 Å². The van der Waals surface area contributed by atoms with Crippen LogP contribution in [0.1, 0.15) is 45.4 Å². The van der Waals surface area contributed by atoms with Gasteiger partial charge in [0.15, 0.2) is 0 Å². The van der Waals surface area contributed by atoms with Gasteiger partial charge in [-0.2, -0.15) is 0 Å². The maximum atomic E-state index is 12.0. The van der Waals surface area contributed by atoms with Crippen molar-refractivity contribution in [3.05, 3.63) is 0 Å². The molecule has 0 radical (unpaired) electrons. The third-order valence-corrected chi connectivity index (χ3v) is 3.24. The minimum Gasteiger partial charge on any atom is -0.466 e. The van der Waals surface area contributed by atoms with Crippen LogP contribution in [0.3, 0.4) is 0 Å². The first kappa shape index (κ1) is 15.0. The van der Waals surface area contributed by atoms with Crippen molar-refractivity contribution in [2.75, 3.05) is 19.8 Å². The summed E-state index contributed by atoms with van der Waals surface area (Å²) in [7, 11) is 0. The van der Waals surface area contributed by atoms with Crippen LogP contribution in [0.4, 0.5) is 0 Å². The van der Waals surface area contributed by atoms with Crippen LogP contribution in [0.15, 0.2) is 0 Å². The molecule has 0 aromatic rings. The van der Waals surface area contributed by atoms with Crippen LogP contribution in [-0.4, -0.2) is 47.7 Å². The molecule has 0 aromatic carbocycles. The van der Waals surface area contributed by atoms with Crippen molar-refractivity contribution in [1.82, 2.24) is 4.90 Å². The van der Waals surface area contributed by atoms with Crippen LogP contribution >= 0.6 is 0 Å². The lowest BCUT2D eigenvalue weighted by Crippen LogP contribution is -2.45. The van der Waals surface area contributed by atoms with Crippen LogP contribution in [0, 0.1) is 0 Å². The maximum absolute atomic E-state index is 12.0. The Bertz CT molecular complexity index is 276. The summed E-state index contributed by atoms with van der Waals surface area (Å²) in [6.07, 6.45) is 4.19. The number of esters is 1. The summed E-state index contributed by atoms with van der Waals surface area (Å²) < 4.78 is 4.80. The van der Waals surface area contributed by atoms with E-state index in [9.17, 15) is 9.59 Å². The third-order valence-electron chi connectivity index (χ3n) is 3.24. The van der Waals surface area contributed by atoms with Crippen LogP contribution in [-0.2, 0) is 14.3 Å². The normalized spacial score (nSPS) is 15.0. The molecule has 1 amide bonds. The molecular weight excluding hydrogens is 234 g/mol. The molecule has 0 bridgehead atoms. The highest BCUT2D eigenvalue weighted by atomic mass is 16.5. The van der Waals surface area contributed by atoms with Gasteiger partial charge >= 0.3 is 5.97 Å². The second-order valence-electron chi connectivity index (χ2n) is 4.55. The van der Waals surface area contributed by atoms with E-state index in [-0.39, 0.29) is 31.3 Å². The van der Waals surface area contributed by atoms with Gasteiger partial charge in [0.05, 0.1) is 13.0 Å². The molecule has 1 N–H and O–H groups in total. The van der Waals surface area contributed by atoms with Gasteiger partial charge in [-0.05, 0) is 32.6 Å². The zero-order valence-corrected chi connectivity index (χ0v) is 11.1. The quantitative estimate of drug-likeness (QED) is 0.661. The molecule has 1 fully saturated rings. The highest BCUT2D eigenvalue weighted by molar-refractivity contribution is 5.81. The molecule has 18 heavy (non-hydrogen) atoms. The summed E-state index contributed by atoms with van der Waals surface area (Å²) in [5.41, 5.74) is 0. The fourth-order valence-corrected chi connectivity index (χ4v) is 2.04. The number of nitrogens with zero attached hydrogens (tertiary/aromatic N) is 1. The summed E-state index contributed by atoms with van der Waals surface area (Å²) in [6, 6.07) is 0.311. The van der Waals surface area contributed by atoms with E-state index in [1.807, 2.05) is 4.90 Å². The van der Waals surface area contributed by atoms with Gasteiger partial charge in [-0.15, -0.1) is 0 Å². The molecule has 0 aliphatic heterocycles. The van der Waals surface area contributed by atoms with Crippen molar-refractivity contribution in [3.63, 3.8) is 0 Å². The van der Waals surface area contributed by atoms with Crippen molar-refractivity contribution in [2.45, 2.75) is 51.5 Å². The molecule has 0 unspecified atom stereocenters. The van der Waals surface area contributed by atoms with Gasteiger partial charge in [0.25, 0.3) is 0 Å². The van der Waals surface area contributed by atoms with Crippen molar-refractivity contribution in [1.29, 1.82) is 0 Å². The second kappa shape index (κ2) is 8.08. The summed E-state index contributed by atoms with van der Waals surface area (Å²) in [6.45, 7) is 2.78. The molecule has 1 aliphatic rings. The minimum absolute atomic E-state index is 0.00111.